The minimum absolute atomic E-state index is 0.0409. The molecule has 1 aromatic heterocycles. The van der Waals surface area contributed by atoms with Crippen LogP contribution in [0.25, 0.3) is 10.2 Å². The number of anilines is 1. The molecule has 4 heterocycles. The van der Waals surface area contributed by atoms with Gasteiger partial charge in [-0.1, -0.05) is 50.3 Å². The molecule has 3 aliphatic heterocycles. The normalized spacial score (nSPS) is 36.8. The number of carbonyl (C=O) groups excluding carboxylic acids is 4. The molecule has 2 aromatic rings. The van der Waals surface area contributed by atoms with Crippen LogP contribution in [0.15, 0.2) is 28.3 Å². The van der Waals surface area contributed by atoms with E-state index in [1.807, 2.05) is 51.0 Å². The Bertz CT molecular complexity index is 2000. The molecular weight excluding hydrogens is 823 g/mol. The van der Waals surface area contributed by atoms with Crippen LogP contribution in [0, 0.1) is 23.7 Å². The molecule has 13 atom stereocenters. The van der Waals surface area contributed by atoms with E-state index < -0.39 is 83.2 Å². The second kappa shape index (κ2) is 20.4. The van der Waals surface area contributed by atoms with Gasteiger partial charge >= 0.3 is 5.97 Å². The lowest BCUT2D eigenvalue weighted by atomic mass is 9.73. The highest BCUT2D eigenvalue weighted by molar-refractivity contribution is 7.22. The van der Waals surface area contributed by atoms with Gasteiger partial charge in [0.1, 0.15) is 36.0 Å². The summed E-state index contributed by atoms with van der Waals surface area (Å²) in [5.74, 6) is -5.64. The lowest BCUT2D eigenvalue weighted by molar-refractivity contribution is -0.296. The van der Waals surface area contributed by atoms with Crippen LogP contribution in [0.5, 0.6) is 0 Å². The summed E-state index contributed by atoms with van der Waals surface area (Å²) in [5, 5.41) is 31.8. The van der Waals surface area contributed by atoms with Gasteiger partial charge in [-0.25, -0.2) is 9.98 Å². The van der Waals surface area contributed by atoms with Crippen LogP contribution in [-0.4, -0.2) is 136 Å². The molecule has 0 radical (unpaired) electrons. The van der Waals surface area contributed by atoms with Crippen LogP contribution in [0.2, 0.25) is 0 Å². The SMILES string of the molecule is CC[C@H]1OC(=O)[C@H](C)C(=O)[C@H](C)[C@@H](O[C@@H]2O[C@H](C)C[C@H](N(C)C)[C@H]2O)[C@@]2(C)C[C@@H](C)C(=NC(C)=O)[C@H](C)[C@H](OC/C(=N\OCc3ccc4nc(NC(C)=O)sc4c3)CO2)[C@]1(C)O. The van der Waals surface area contributed by atoms with Crippen molar-refractivity contribution in [1.29, 1.82) is 0 Å². The Morgan fingerprint density at radius 3 is 2.44 bits per heavy atom. The molecule has 2 bridgehead atoms. The van der Waals surface area contributed by atoms with Gasteiger partial charge in [-0.3, -0.25) is 19.2 Å². The number of cyclic esters (lactones) is 1. The topological polar surface area (TPSA) is 217 Å². The highest BCUT2D eigenvalue weighted by Crippen LogP contribution is 2.40. The monoisotopic (exact) mass is 887 g/mol. The third-order valence-corrected chi connectivity index (χ3v) is 13.2. The molecule has 5 rings (SSSR count). The quantitative estimate of drug-likeness (QED) is 0.186. The minimum atomic E-state index is -1.87. The molecule has 344 valence electrons. The first-order valence-electron chi connectivity index (χ1n) is 21.4. The van der Waals surface area contributed by atoms with E-state index in [-0.39, 0.29) is 56.4 Å². The molecule has 62 heavy (non-hydrogen) atoms. The molecule has 0 saturated carbocycles. The standard InChI is InChI=1S/C44H65N5O12S/c1-13-34-44(10,55)39-24(4)35(45-27(7)50)22(2)18-43(9,38(25(5)36(52)26(6)40(54)60-34)61-41-37(53)32(49(11)12)16-23(3)59-41)57-21-30(20-56-39)48-58-19-29-14-15-31-33(17-29)62-42(47-31)46-28(8)51/h14-15,17,22-26,32,34,37-39,41,53,55H,13,16,18-21H2,1-12H3,(H,46,47,51)/b45-35?,48-30+/t22-,23-,24+,25+,26-,32+,34-,37-,38-,39+,41+,43-,44-/m1/s1. The lowest BCUT2D eigenvalue weighted by Crippen LogP contribution is -2.60. The highest BCUT2D eigenvalue weighted by Gasteiger charge is 2.53. The number of oxime groups is 1. The van der Waals surface area contributed by atoms with E-state index in [0.717, 1.165) is 10.3 Å². The Hall–Kier alpha value is -3.75. The number of hydrogen-bond donors (Lipinski definition) is 3. The Kier molecular flexibility index (Phi) is 16.2. The summed E-state index contributed by atoms with van der Waals surface area (Å²) < 4.78 is 33.3. The molecule has 3 fully saturated rings. The first-order valence-corrected chi connectivity index (χ1v) is 22.2. The molecule has 3 aliphatic rings. The third-order valence-electron chi connectivity index (χ3n) is 12.3. The van der Waals surface area contributed by atoms with Crippen molar-refractivity contribution in [3.63, 3.8) is 0 Å². The number of carbonyl (C=O) groups is 4. The zero-order chi connectivity index (χ0) is 45.8. The van der Waals surface area contributed by atoms with Gasteiger partial charge in [0.25, 0.3) is 0 Å². The Labute approximate surface area is 367 Å². The summed E-state index contributed by atoms with van der Waals surface area (Å²) in [6.07, 6.45) is -5.25. The van der Waals surface area contributed by atoms with Crippen LogP contribution in [0.4, 0.5) is 5.13 Å². The van der Waals surface area contributed by atoms with Crippen LogP contribution < -0.4 is 5.32 Å². The van der Waals surface area contributed by atoms with E-state index in [2.05, 4.69) is 20.4 Å². The number of thiazole rings is 1. The molecule has 3 N–H and O–H groups in total. The average Bonchev–Trinajstić information content (AvgIpc) is 3.59. The number of fused-ring (bicyclic) bond motifs is 6. The van der Waals surface area contributed by atoms with Crippen molar-refractivity contribution in [2.24, 2.45) is 33.8 Å². The summed E-state index contributed by atoms with van der Waals surface area (Å²) in [6, 6.07) is 5.22. The number of aliphatic hydroxyl groups is 2. The minimum Gasteiger partial charge on any atom is -0.459 e. The Morgan fingerprint density at radius 2 is 1.79 bits per heavy atom. The van der Waals surface area contributed by atoms with Gasteiger partial charge in [-0.2, -0.15) is 0 Å². The maximum atomic E-state index is 14.5. The van der Waals surface area contributed by atoms with Crippen LogP contribution in [0.1, 0.15) is 94.1 Å². The fraction of sp³-hybridized carbons (Fsp3) is 0.705. The molecule has 0 spiro atoms. The predicted octanol–water partition coefficient (Wildman–Crippen LogP) is 4.69. The Balaban J connectivity index is 1.64. The van der Waals surface area contributed by atoms with Crippen LogP contribution in [0.3, 0.4) is 0 Å². The molecule has 18 heteroatoms. The molecular formula is C44H65N5O12S. The number of benzene rings is 1. The summed E-state index contributed by atoms with van der Waals surface area (Å²) in [6.45, 7) is 16.1. The van der Waals surface area contributed by atoms with Gasteiger partial charge in [0, 0.05) is 37.4 Å². The van der Waals surface area contributed by atoms with Crippen molar-refractivity contribution in [1.82, 2.24) is 9.88 Å². The van der Waals surface area contributed by atoms with E-state index in [0.29, 0.717) is 22.8 Å². The number of aliphatic hydroxyl groups excluding tert-OH is 1. The van der Waals surface area contributed by atoms with Gasteiger partial charge in [-0.05, 0) is 84.7 Å². The van der Waals surface area contributed by atoms with Gasteiger partial charge in [0.15, 0.2) is 17.2 Å². The van der Waals surface area contributed by atoms with Crippen molar-refractivity contribution in [3.05, 3.63) is 23.8 Å². The number of amides is 2. The summed E-state index contributed by atoms with van der Waals surface area (Å²) in [5.41, 5.74) is -1.14. The van der Waals surface area contributed by atoms with E-state index in [4.69, 9.17) is 28.5 Å². The van der Waals surface area contributed by atoms with Crippen molar-refractivity contribution in [2.45, 2.75) is 149 Å². The molecule has 0 unspecified atom stereocenters. The maximum Gasteiger partial charge on any atom is 0.316 e. The predicted molar refractivity (Wildman–Crippen MR) is 233 cm³/mol. The fourth-order valence-corrected chi connectivity index (χ4v) is 10.0. The van der Waals surface area contributed by atoms with Gasteiger partial charge in [0.05, 0.1) is 47.3 Å². The summed E-state index contributed by atoms with van der Waals surface area (Å²) >= 11 is 1.33. The molecule has 3 saturated heterocycles. The first-order chi connectivity index (χ1) is 29.1. The van der Waals surface area contributed by atoms with Crippen LogP contribution in [-0.2, 0) is 54.3 Å². The van der Waals surface area contributed by atoms with E-state index in [1.165, 1.54) is 39.0 Å². The highest BCUT2D eigenvalue weighted by atomic mass is 32.1. The number of hydrogen-bond acceptors (Lipinski definition) is 16. The van der Waals surface area contributed by atoms with Crippen LogP contribution >= 0.6 is 11.3 Å². The zero-order valence-electron chi connectivity index (χ0n) is 38.0. The number of ketones is 1. The maximum absolute atomic E-state index is 14.5. The molecule has 0 aliphatic carbocycles. The number of ether oxygens (including phenoxy) is 5. The number of nitrogens with zero attached hydrogens (tertiary/aromatic N) is 4. The number of likely N-dealkylation sites (N-methyl/N-ethyl adjacent to an activating group) is 1. The summed E-state index contributed by atoms with van der Waals surface area (Å²) in [4.78, 5) is 69.7. The fourth-order valence-electron chi connectivity index (χ4n) is 9.07. The van der Waals surface area contributed by atoms with E-state index in [9.17, 15) is 29.4 Å². The largest absolute Gasteiger partial charge is 0.459 e. The Morgan fingerprint density at radius 1 is 1.08 bits per heavy atom. The van der Waals surface area contributed by atoms with Crippen molar-refractivity contribution in [3.8, 4) is 0 Å². The molecule has 17 nitrogen and oxygen atoms in total. The summed E-state index contributed by atoms with van der Waals surface area (Å²) in [7, 11) is 3.72. The number of esters is 1. The molecule has 1 aromatic carbocycles. The first kappa shape index (κ1) is 49.3. The van der Waals surface area contributed by atoms with Gasteiger partial charge in [0.2, 0.25) is 11.8 Å². The van der Waals surface area contributed by atoms with Crippen molar-refractivity contribution >= 4 is 61.7 Å². The second-order valence-corrected chi connectivity index (χ2v) is 18.8. The third kappa shape index (κ3) is 11.3. The number of aliphatic imine (C=N–C) groups is 1. The van der Waals surface area contributed by atoms with Gasteiger partial charge < -0.3 is 49.0 Å². The number of aromatic nitrogens is 1. The number of nitrogens with one attached hydrogen (secondary N) is 1. The van der Waals surface area contributed by atoms with Crippen molar-refractivity contribution in [2.75, 3.05) is 32.6 Å². The lowest BCUT2D eigenvalue weighted by Gasteiger charge is -2.47. The van der Waals surface area contributed by atoms with Crippen molar-refractivity contribution < 1.29 is 57.9 Å². The second-order valence-electron chi connectivity index (χ2n) is 17.8. The van der Waals surface area contributed by atoms with E-state index >= 15 is 0 Å². The zero-order valence-corrected chi connectivity index (χ0v) is 38.8. The number of rotatable bonds is 8. The smallest absolute Gasteiger partial charge is 0.316 e. The molecule has 2 amide bonds. The number of Topliss-reactive ketones (excluding diaryl/α,β-unsaturated/α-hetero) is 1. The average molecular weight is 888 g/mol. The van der Waals surface area contributed by atoms with E-state index in [1.54, 1.807) is 27.7 Å². The van der Waals surface area contributed by atoms with Gasteiger partial charge in [-0.15, -0.1) is 0 Å².